The molecule has 41 heavy (non-hydrogen) atoms. The van der Waals surface area contributed by atoms with Crippen LogP contribution >= 0.6 is 0 Å². The first-order chi connectivity index (χ1) is 19.8. The van der Waals surface area contributed by atoms with Crippen molar-refractivity contribution in [2.45, 2.75) is 35.9 Å². The molecular weight excluding hydrogens is 544 g/mol. The summed E-state index contributed by atoms with van der Waals surface area (Å²) in [6, 6.07) is 22.2. The first-order valence-corrected chi connectivity index (χ1v) is 15.2. The standard InChI is InChI=1S/C31H32N2O7S/c1-37-31(14-16-38-17-15-31)28-18-24(10-13-27(28)22-8-11-26(12-9-22)41(2,35)36)40-25(20-33-34)19-29-30(32-21-39-29)23-6-4-3-5-7-23/h3-13,18,21,25H,14-17,19-20H2,1-2H3. The fourth-order valence-electron chi connectivity index (χ4n) is 5.26. The lowest BCUT2D eigenvalue weighted by Crippen LogP contribution is -2.36. The average molecular weight is 577 g/mol. The van der Waals surface area contributed by atoms with Gasteiger partial charge in [0.25, 0.3) is 0 Å². The number of aromatic nitrogens is 1. The van der Waals surface area contributed by atoms with Crippen LogP contribution in [0.2, 0.25) is 0 Å². The van der Waals surface area contributed by atoms with Crippen LogP contribution in [0.25, 0.3) is 22.4 Å². The van der Waals surface area contributed by atoms with Gasteiger partial charge in [-0.1, -0.05) is 53.7 Å². The fraction of sp³-hybridized carbons (Fsp3) is 0.323. The lowest BCUT2D eigenvalue weighted by Gasteiger charge is -2.38. The first kappa shape index (κ1) is 28.7. The fourth-order valence-corrected chi connectivity index (χ4v) is 5.89. The quantitative estimate of drug-likeness (QED) is 0.205. The predicted octanol–water partition coefficient (Wildman–Crippen LogP) is 5.82. The molecule has 10 heteroatoms. The number of sulfone groups is 1. The minimum Gasteiger partial charge on any atom is -0.488 e. The highest BCUT2D eigenvalue weighted by Crippen LogP contribution is 2.43. The maximum absolute atomic E-state index is 12.0. The molecular formula is C31H32N2O7S. The molecule has 1 aliphatic rings. The molecule has 1 aromatic heterocycles. The highest BCUT2D eigenvalue weighted by Gasteiger charge is 2.37. The normalized spacial score (nSPS) is 15.8. The van der Waals surface area contributed by atoms with E-state index < -0.39 is 21.5 Å². The molecule has 0 bridgehead atoms. The van der Waals surface area contributed by atoms with E-state index in [-0.39, 0.29) is 11.4 Å². The number of hydrogen-bond acceptors (Lipinski definition) is 9. The molecule has 4 aromatic rings. The highest BCUT2D eigenvalue weighted by atomic mass is 32.2. The molecule has 0 amide bonds. The molecule has 0 aliphatic carbocycles. The Morgan fingerprint density at radius 1 is 1.00 bits per heavy atom. The Kier molecular flexibility index (Phi) is 8.63. The number of rotatable bonds is 11. The number of hydrogen-bond donors (Lipinski definition) is 0. The molecule has 0 N–H and O–H groups in total. The third-order valence-corrected chi connectivity index (χ3v) is 8.58. The van der Waals surface area contributed by atoms with Gasteiger partial charge in [0.05, 0.1) is 10.5 Å². The van der Waals surface area contributed by atoms with Crippen LogP contribution in [0.15, 0.2) is 93.7 Å². The van der Waals surface area contributed by atoms with Gasteiger partial charge in [-0.05, 0) is 41.0 Å². The first-order valence-electron chi connectivity index (χ1n) is 13.3. The van der Waals surface area contributed by atoms with Crippen molar-refractivity contribution in [3.05, 3.63) is 95.4 Å². The van der Waals surface area contributed by atoms with Crippen molar-refractivity contribution >= 4 is 9.84 Å². The van der Waals surface area contributed by atoms with Crippen LogP contribution in [0.4, 0.5) is 0 Å². The van der Waals surface area contributed by atoms with Crippen LogP contribution in [0.1, 0.15) is 24.2 Å². The van der Waals surface area contributed by atoms with Gasteiger partial charge in [-0.15, -0.1) is 0 Å². The summed E-state index contributed by atoms with van der Waals surface area (Å²) in [4.78, 5) is 16.0. The molecule has 0 spiro atoms. The molecule has 1 aliphatic heterocycles. The van der Waals surface area contributed by atoms with Crippen LogP contribution in [0, 0.1) is 4.91 Å². The SMILES string of the molecule is COC1(c2cc(OC(CN=O)Cc3ocnc3-c3ccccc3)ccc2-c2ccc(S(C)(=O)=O)cc2)CCOCC1. The minimum atomic E-state index is -3.33. The van der Waals surface area contributed by atoms with Crippen molar-refractivity contribution < 1.29 is 27.0 Å². The molecule has 5 rings (SSSR count). The Morgan fingerprint density at radius 3 is 2.39 bits per heavy atom. The van der Waals surface area contributed by atoms with E-state index in [1.165, 1.54) is 12.6 Å². The summed E-state index contributed by atoms with van der Waals surface area (Å²) >= 11 is 0. The predicted molar refractivity (Wildman–Crippen MR) is 154 cm³/mol. The van der Waals surface area contributed by atoms with Crippen molar-refractivity contribution in [1.29, 1.82) is 0 Å². The summed E-state index contributed by atoms with van der Waals surface area (Å²) in [6.45, 7) is 0.996. The van der Waals surface area contributed by atoms with Crippen molar-refractivity contribution in [1.82, 2.24) is 4.98 Å². The number of nitroso groups, excluding NO2 is 1. The van der Waals surface area contributed by atoms with Crippen molar-refractivity contribution in [2.75, 3.05) is 33.1 Å². The third kappa shape index (κ3) is 6.40. The van der Waals surface area contributed by atoms with Gasteiger partial charge in [-0.25, -0.2) is 13.4 Å². The van der Waals surface area contributed by atoms with Gasteiger partial charge >= 0.3 is 0 Å². The summed E-state index contributed by atoms with van der Waals surface area (Å²) in [5.74, 6) is 1.15. The Labute approximate surface area is 239 Å². The van der Waals surface area contributed by atoms with E-state index in [9.17, 15) is 13.3 Å². The molecule has 0 saturated carbocycles. The van der Waals surface area contributed by atoms with Gasteiger partial charge in [0.2, 0.25) is 0 Å². The number of benzene rings is 3. The van der Waals surface area contributed by atoms with Gasteiger partial charge in [-0.3, -0.25) is 0 Å². The second kappa shape index (κ2) is 12.3. The average Bonchev–Trinajstić information content (AvgIpc) is 3.46. The van der Waals surface area contributed by atoms with E-state index in [2.05, 4.69) is 10.2 Å². The summed E-state index contributed by atoms with van der Waals surface area (Å²) < 4.78 is 47.8. The number of methoxy groups -OCH3 is 1. The minimum absolute atomic E-state index is 0.0811. The topological polar surface area (TPSA) is 117 Å². The van der Waals surface area contributed by atoms with E-state index in [1.807, 2.05) is 48.5 Å². The van der Waals surface area contributed by atoms with E-state index in [1.54, 1.807) is 31.4 Å². The smallest absolute Gasteiger partial charge is 0.181 e. The van der Waals surface area contributed by atoms with Crippen LogP contribution in [0.5, 0.6) is 5.75 Å². The third-order valence-electron chi connectivity index (χ3n) is 7.45. The van der Waals surface area contributed by atoms with Gasteiger partial charge < -0.3 is 18.6 Å². The van der Waals surface area contributed by atoms with Gasteiger partial charge in [-0.2, -0.15) is 4.91 Å². The van der Waals surface area contributed by atoms with E-state index in [4.69, 9.17) is 18.6 Å². The monoisotopic (exact) mass is 576 g/mol. The zero-order valence-electron chi connectivity index (χ0n) is 23.0. The molecule has 214 valence electrons. The highest BCUT2D eigenvalue weighted by molar-refractivity contribution is 7.90. The number of ether oxygens (including phenoxy) is 3. The van der Waals surface area contributed by atoms with E-state index >= 15 is 0 Å². The maximum Gasteiger partial charge on any atom is 0.181 e. The van der Waals surface area contributed by atoms with Crippen molar-refractivity contribution in [2.24, 2.45) is 5.18 Å². The lowest BCUT2D eigenvalue weighted by atomic mass is 9.81. The maximum atomic E-state index is 12.0. The Morgan fingerprint density at radius 2 is 1.73 bits per heavy atom. The summed E-state index contributed by atoms with van der Waals surface area (Å²) in [5.41, 5.74) is 3.61. The zero-order chi connectivity index (χ0) is 28.9. The van der Waals surface area contributed by atoms with Gasteiger partial charge in [0, 0.05) is 51.4 Å². The largest absolute Gasteiger partial charge is 0.488 e. The van der Waals surface area contributed by atoms with Gasteiger partial charge in [0.15, 0.2) is 16.2 Å². The lowest BCUT2D eigenvalue weighted by molar-refractivity contribution is -0.0945. The summed E-state index contributed by atoms with van der Waals surface area (Å²) in [5, 5.41) is 3.12. The van der Waals surface area contributed by atoms with E-state index in [0.29, 0.717) is 49.7 Å². The molecule has 1 unspecified atom stereocenters. The summed E-state index contributed by atoms with van der Waals surface area (Å²) in [7, 11) is -1.64. The van der Waals surface area contributed by atoms with Crippen molar-refractivity contribution in [3.8, 4) is 28.1 Å². The Hall–Kier alpha value is -3.86. The molecule has 0 radical (unpaired) electrons. The zero-order valence-corrected chi connectivity index (χ0v) is 23.8. The molecule has 9 nitrogen and oxygen atoms in total. The Balaban J connectivity index is 1.49. The van der Waals surface area contributed by atoms with Crippen LogP contribution in [-0.4, -0.2) is 52.6 Å². The molecule has 1 atom stereocenters. The van der Waals surface area contributed by atoms with Crippen LogP contribution in [-0.2, 0) is 31.3 Å². The molecule has 2 heterocycles. The van der Waals surface area contributed by atoms with Crippen LogP contribution < -0.4 is 4.74 Å². The molecule has 1 fully saturated rings. The molecule has 3 aromatic carbocycles. The summed E-state index contributed by atoms with van der Waals surface area (Å²) in [6.07, 6.45) is 3.55. The van der Waals surface area contributed by atoms with Gasteiger partial charge in [0.1, 0.15) is 29.9 Å². The second-order valence-electron chi connectivity index (χ2n) is 10.1. The second-order valence-corrected chi connectivity index (χ2v) is 12.1. The van der Waals surface area contributed by atoms with Crippen LogP contribution in [0.3, 0.4) is 0 Å². The number of nitrogens with zero attached hydrogens (tertiary/aromatic N) is 2. The molecule has 1 saturated heterocycles. The Bertz CT molecular complexity index is 1580. The van der Waals surface area contributed by atoms with E-state index in [0.717, 1.165) is 22.3 Å². The number of oxazole rings is 1. The van der Waals surface area contributed by atoms with Crippen molar-refractivity contribution in [3.63, 3.8) is 0 Å².